The second-order valence-corrected chi connectivity index (χ2v) is 6.31. The third-order valence-electron chi connectivity index (χ3n) is 4.56. The molecule has 1 aromatic heterocycles. The molecular weight excluding hydrogens is 348 g/mol. The average Bonchev–Trinajstić information content (AvgIpc) is 3.03. The highest BCUT2D eigenvalue weighted by Crippen LogP contribution is 2.26. The largest absolute Gasteiger partial charge is 0.365 e. The number of primary amides is 1. The molecule has 1 saturated heterocycles. The molecule has 1 aliphatic rings. The fraction of sp³-hybridized carbons (Fsp3) is 0.389. The Morgan fingerprint density at radius 3 is 2.52 bits per heavy atom. The predicted octanol–water partition coefficient (Wildman–Crippen LogP) is 0.234. The zero-order valence-corrected chi connectivity index (χ0v) is 15.5. The third-order valence-corrected chi connectivity index (χ3v) is 4.56. The molecular formula is C18H26N6O3. The first-order valence-corrected chi connectivity index (χ1v) is 8.72. The lowest BCUT2D eigenvalue weighted by Crippen LogP contribution is -2.43. The number of nitrogens with zero attached hydrogens (tertiary/aromatic N) is 1. The molecule has 1 fully saturated rings. The van der Waals surface area contributed by atoms with Crippen molar-refractivity contribution in [1.82, 2.24) is 15.2 Å². The average molecular weight is 374 g/mol. The quantitative estimate of drug-likeness (QED) is 0.476. The molecule has 3 rings (SSSR count). The topological polar surface area (TPSA) is 146 Å². The van der Waals surface area contributed by atoms with Crippen molar-refractivity contribution in [3.8, 4) is 0 Å². The molecule has 1 aliphatic heterocycles. The number of aromatic amines is 1. The number of amides is 3. The molecule has 9 nitrogen and oxygen atoms in total. The highest BCUT2D eigenvalue weighted by molar-refractivity contribution is 6.13. The van der Waals surface area contributed by atoms with Crippen LogP contribution < -0.4 is 22.1 Å². The Morgan fingerprint density at radius 1 is 1.26 bits per heavy atom. The van der Waals surface area contributed by atoms with Crippen molar-refractivity contribution < 1.29 is 14.4 Å². The molecule has 146 valence electrons. The van der Waals surface area contributed by atoms with E-state index in [0.29, 0.717) is 22.9 Å². The summed E-state index contributed by atoms with van der Waals surface area (Å²) in [4.78, 5) is 40.0. The molecule has 0 atom stereocenters. The van der Waals surface area contributed by atoms with Gasteiger partial charge >= 0.3 is 0 Å². The molecule has 0 spiro atoms. The normalized spacial score (nSPS) is 14.9. The maximum atomic E-state index is 12.5. The summed E-state index contributed by atoms with van der Waals surface area (Å²) >= 11 is 0. The minimum atomic E-state index is -0.654. The Bertz CT molecular complexity index is 824. The lowest BCUT2D eigenvalue weighted by molar-refractivity contribution is -0.105. The summed E-state index contributed by atoms with van der Waals surface area (Å²) in [5, 5.41) is 6.03. The molecule has 0 aliphatic carbocycles. The van der Waals surface area contributed by atoms with Gasteiger partial charge in [-0.25, -0.2) is 0 Å². The van der Waals surface area contributed by atoms with Crippen LogP contribution in [0.5, 0.6) is 0 Å². The number of carbonyl (C=O) groups is 3. The molecule has 9 heteroatoms. The monoisotopic (exact) mass is 374 g/mol. The first-order valence-electron chi connectivity index (χ1n) is 8.72. The van der Waals surface area contributed by atoms with E-state index in [1.807, 2.05) is 0 Å². The van der Waals surface area contributed by atoms with Crippen molar-refractivity contribution >= 4 is 34.9 Å². The molecule has 27 heavy (non-hydrogen) atoms. The Balaban J connectivity index is 0.00000126. The maximum absolute atomic E-state index is 12.5. The lowest BCUT2D eigenvalue weighted by atomic mass is 10.0. The number of carbonyl (C=O) groups excluding carboxylic acids is 3. The number of nitrogens with one attached hydrogen (secondary N) is 3. The second-order valence-electron chi connectivity index (χ2n) is 6.31. The number of benzene rings is 1. The van der Waals surface area contributed by atoms with E-state index in [1.165, 1.54) is 7.05 Å². The lowest BCUT2D eigenvalue weighted by Gasteiger charge is -2.29. The molecule has 2 aromatic rings. The van der Waals surface area contributed by atoms with E-state index in [4.69, 9.17) is 5.73 Å². The third kappa shape index (κ3) is 4.63. The number of likely N-dealkylation sites (tertiary alicyclic amines) is 1. The van der Waals surface area contributed by atoms with Gasteiger partial charge in [0, 0.05) is 22.5 Å². The molecule has 7 N–H and O–H groups in total. The van der Waals surface area contributed by atoms with E-state index in [-0.39, 0.29) is 23.3 Å². The van der Waals surface area contributed by atoms with Crippen LogP contribution in [0.25, 0.3) is 10.9 Å². The van der Waals surface area contributed by atoms with Crippen LogP contribution in [-0.4, -0.2) is 61.3 Å². The summed E-state index contributed by atoms with van der Waals surface area (Å²) in [7, 11) is 3.57. The van der Waals surface area contributed by atoms with E-state index in [0.717, 1.165) is 25.9 Å². The minimum absolute atomic E-state index is 0.156. The van der Waals surface area contributed by atoms with Crippen LogP contribution in [0.15, 0.2) is 18.2 Å². The van der Waals surface area contributed by atoms with E-state index in [9.17, 15) is 14.4 Å². The number of piperidine rings is 1. The number of anilines is 1. The Labute approximate surface area is 157 Å². The summed E-state index contributed by atoms with van der Waals surface area (Å²) in [5.74, 6) is -0.582. The molecule has 0 saturated carbocycles. The smallest absolute Gasteiger partial charge is 0.253 e. The van der Waals surface area contributed by atoms with Crippen LogP contribution in [0.4, 0.5) is 5.82 Å². The fourth-order valence-electron chi connectivity index (χ4n) is 3.18. The first-order chi connectivity index (χ1) is 13.0. The number of nitrogens with two attached hydrogens (primary N) is 2. The van der Waals surface area contributed by atoms with E-state index < -0.39 is 5.91 Å². The highest BCUT2D eigenvalue weighted by atomic mass is 16.2. The van der Waals surface area contributed by atoms with Gasteiger partial charge in [0.05, 0.1) is 5.56 Å². The van der Waals surface area contributed by atoms with Crippen LogP contribution in [0.3, 0.4) is 0 Å². The van der Waals surface area contributed by atoms with Gasteiger partial charge in [-0.3, -0.25) is 14.4 Å². The van der Waals surface area contributed by atoms with E-state index >= 15 is 0 Å². The fourth-order valence-corrected chi connectivity index (χ4v) is 3.18. The minimum Gasteiger partial charge on any atom is -0.365 e. The maximum Gasteiger partial charge on any atom is 0.253 e. The summed E-state index contributed by atoms with van der Waals surface area (Å²) in [6, 6.07) is 5.13. The van der Waals surface area contributed by atoms with Gasteiger partial charge < -0.3 is 32.0 Å². The molecule has 0 unspecified atom stereocenters. The summed E-state index contributed by atoms with van der Waals surface area (Å²) in [5.41, 5.74) is 11.1. The Hall–Kier alpha value is -2.91. The second kappa shape index (κ2) is 9.15. The summed E-state index contributed by atoms with van der Waals surface area (Å²) in [6.07, 6.45) is 2.31. The van der Waals surface area contributed by atoms with Gasteiger partial charge in [-0.2, -0.15) is 0 Å². The van der Waals surface area contributed by atoms with Gasteiger partial charge in [-0.1, -0.05) is 6.07 Å². The highest BCUT2D eigenvalue weighted by Gasteiger charge is 2.21. The molecule has 0 bridgehead atoms. The van der Waals surface area contributed by atoms with Crippen molar-refractivity contribution in [2.75, 3.05) is 32.5 Å². The standard InChI is InChI=1S/C17H21N5O3.CH5N/c1-22-6-4-11(5-7-22)20-17(25)10-2-3-12-13(8-10)21-16(19-9-23)14(12)15(18)24;1-2/h2-3,8-9,11,21H,4-7H2,1H3,(H2,18,24)(H,19,23)(H,20,25);2H2,1H3. The Kier molecular flexibility index (Phi) is 6.91. The zero-order chi connectivity index (χ0) is 20.0. The van der Waals surface area contributed by atoms with Gasteiger partial charge in [0.15, 0.2) is 0 Å². The van der Waals surface area contributed by atoms with Gasteiger partial charge in [0.25, 0.3) is 11.8 Å². The van der Waals surface area contributed by atoms with Crippen molar-refractivity contribution in [2.24, 2.45) is 11.5 Å². The molecule has 1 aromatic carbocycles. The molecule has 3 amide bonds. The van der Waals surface area contributed by atoms with Crippen LogP contribution in [0.2, 0.25) is 0 Å². The van der Waals surface area contributed by atoms with Gasteiger partial charge in [0.2, 0.25) is 6.41 Å². The Morgan fingerprint density at radius 2 is 1.93 bits per heavy atom. The van der Waals surface area contributed by atoms with E-state index in [2.05, 4.69) is 33.3 Å². The van der Waals surface area contributed by atoms with Crippen molar-refractivity contribution in [1.29, 1.82) is 0 Å². The van der Waals surface area contributed by atoms with E-state index in [1.54, 1.807) is 18.2 Å². The van der Waals surface area contributed by atoms with Gasteiger partial charge in [0.1, 0.15) is 5.82 Å². The van der Waals surface area contributed by atoms with Crippen molar-refractivity contribution in [3.63, 3.8) is 0 Å². The van der Waals surface area contributed by atoms with Gasteiger partial charge in [-0.15, -0.1) is 0 Å². The number of hydrogen-bond donors (Lipinski definition) is 5. The van der Waals surface area contributed by atoms with Gasteiger partial charge in [-0.05, 0) is 52.2 Å². The number of rotatable bonds is 5. The number of H-pyrrole nitrogens is 1. The number of hydrogen-bond acceptors (Lipinski definition) is 5. The van der Waals surface area contributed by atoms with Crippen molar-refractivity contribution in [2.45, 2.75) is 18.9 Å². The van der Waals surface area contributed by atoms with Crippen LogP contribution in [0, 0.1) is 0 Å². The number of aromatic nitrogens is 1. The van der Waals surface area contributed by atoms with Crippen molar-refractivity contribution in [3.05, 3.63) is 29.3 Å². The SMILES string of the molecule is CN.CN1CCC(NC(=O)c2ccc3c(C(N)=O)c(NC=O)[nH]c3c2)CC1. The molecule has 0 radical (unpaired) electrons. The van der Waals surface area contributed by atoms with Crippen LogP contribution in [0.1, 0.15) is 33.6 Å². The first kappa shape index (κ1) is 20.4. The van der Waals surface area contributed by atoms with Crippen LogP contribution >= 0.6 is 0 Å². The molecule has 2 heterocycles. The predicted molar refractivity (Wildman–Crippen MR) is 105 cm³/mol. The number of fused-ring (bicyclic) bond motifs is 1. The summed E-state index contributed by atoms with van der Waals surface area (Å²) in [6.45, 7) is 1.92. The van der Waals surface area contributed by atoms with Crippen LogP contribution in [-0.2, 0) is 4.79 Å². The summed E-state index contributed by atoms with van der Waals surface area (Å²) < 4.78 is 0. The zero-order valence-electron chi connectivity index (χ0n) is 15.5.